The van der Waals surface area contributed by atoms with Crippen molar-refractivity contribution in [2.45, 2.75) is 43.9 Å². The van der Waals surface area contributed by atoms with Crippen LogP contribution in [0, 0.1) is 17.2 Å². The third kappa shape index (κ3) is 3.76. The van der Waals surface area contributed by atoms with Crippen LogP contribution >= 0.6 is 0 Å². The molecular weight excluding hydrogens is 439 g/mol. The van der Waals surface area contributed by atoms with Crippen LogP contribution in [-0.2, 0) is 11.6 Å². The zero-order valence-corrected chi connectivity index (χ0v) is 16.9. The van der Waals surface area contributed by atoms with Gasteiger partial charge < -0.3 is 14.2 Å². The number of nitrogens with zero attached hydrogens (tertiary/aromatic N) is 4. The summed E-state index contributed by atoms with van der Waals surface area (Å²) in [5.74, 6) is -5.61. The number of likely N-dealkylation sites (tertiary alicyclic amines) is 1. The van der Waals surface area contributed by atoms with Crippen LogP contribution in [0.25, 0.3) is 0 Å². The van der Waals surface area contributed by atoms with Crippen molar-refractivity contribution < 1.29 is 36.0 Å². The largest absolute Gasteiger partial charge is 0.484 e. The fourth-order valence-electron chi connectivity index (χ4n) is 3.86. The number of hydrogen-bond acceptors (Lipinski definition) is 6. The summed E-state index contributed by atoms with van der Waals surface area (Å²) >= 11 is 0. The number of alkyl halides is 5. The molecule has 1 amide bonds. The molecule has 0 radical (unpaired) electrons. The van der Waals surface area contributed by atoms with Crippen molar-refractivity contribution in [3.8, 4) is 11.8 Å². The predicted octanol–water partition coefficient (Wildman–Crippen LogP) is 3.80. The summed E-state index contributed by atoms with van der Waals surface area (Å²) in [5.41, 5.74) is -0.801. The highest BCUT2D eigenvalue weighted by atomic mass is 19.4. The van der Waals surface area contributed by atoms with E-state index in [1.165, 1.54) is 23.1 Å². The topological polar surface area (TPSA) is 92.2 Å². The Morgan fingerprint density at radius 1 is 1.38 bits per heavy atom. The lowest BCUT2D eigenvalue weighted by Crippen LogP contribution is -2.35. The quantitative estimate of drug-likeness (QED) is 0.636. The van der Waals surface area contributed by atoms with Gasteiger partial charge in [0.1, 0.15) is 5.75 Å². The lowest BCUT2D eigenvalue weighted by molar-refractivity contribution is -0.159. The van der Waals surface area contributed by atoms with Crippen molar-refractivity contribution in [2.24, 2.45) is 5.92 Å². The van der Waals surface area contributed by atoms with E-state index in [4.69, 9.17) is 10.00 Å². The minimum atomic E-state index is -4.78. The highest BCUT2D eigenvalue weighted by Gasteiger charge is 2.65. The second-order valence-electron chi connectivity index (χ2n) is 8.20. The van der Waals surface area contributed by atoms with Crippen LogP contribution in [0.5, 0.6) is 5.75 Å². The van der Waals surface area contributed by atoms with Gasteiger partial charge in [0.15, 0.2) is 11.9 Å². The van der Waals surface area contributed by atoms with E-state index in [0.29, 0.717) is 13.3 Å². The van der Waals surface area contributed by atoms with Crippen LogP contribution in [0.1, 0.15) is 47.9 Å². The molecule has 4 rings (SSSR count). The van der Waals surface area contributed by atoms with Gasteiger partial charge in [-0.2, -0.15) is 23.4 Å². The van der Waals surface area contributed by atoms with E-state index in [9.17, 15) is 26.7 Å². The van der Waals surface area contributed by atoms with Gasteiger partial charge >= 0.3 is 12.1 Å². The van der Waals surface area contributed by atoms with Crippen LogP contribution < -0.4 is 4.74 Å². The van der Waals surface area contributed by atoms with Crippen molar-refractivity contribution in [2.75, 3.05) is 13.1 Å². The highest BCUT2D eigenvalue weighted by molar-refractivity contribution is 5.97. The Bertz CT molecular complexity index is 1100. The number of aromatic nitrogens is 2. The Kier molecular flexibility index (Phi) is 4.91. The Labute approximate surface area is 178 Å². The number of amides is 1. The van der Waals surface area contributed by atoms with Crippen molar-refractivity contribution in [3.05, 3.63) is 41.0 Å². The average molecular weight is 456 g/mol. The summed E-state index contributed by atoms with van der Waals surface area (Å²) in [4.78, 5) is 18.0. The number of piperidine rings is 1. The molecule has 2 unspecified atom stereocenters. The highest BCUT2D eigenvalue weighted by Crippen LogP contribution is 2.58. The Hall–Kier alpha value is -3.23. The number of carbonyl (C=O) groups is 1. The van der Waals surface area contributed by atoms with Gasteiger partial charge in [-0.05, 0) is 37.5 Å². The second kappa shape index (κ2) is 7.15. The van der Waals surface area contributed by atoms with Gasteiger partial charge in [-0.25, -0.2) is 8.78 Å². The van der Waals surface area contributed by atoms with Gasteiger partial charge in [0.2, 0.25) is 0 Å². The van der Waals surface area contributed by atoms with E-state index in [2.05, 4.69) is 14.7 Å². The molecule has 1 saturated heterocycles. The van der Waals surface area contributed by atoms with E-state index in [1.807, 2.05) is 6.07 Å². The van der Waals surface area contributed by atoms with Gasteiger partial charge in [0, 0.05) is 20.0 Å². The summed E-state index contributed by atoms with van der Waals surface area (Å²) in [6.07, 6.45) is -5.82. The SMILES string of the molecule is C[C@@H](Oc1ccc(C#N)cc1C(=O)N1CC2CC2(c2noc(C(F)(F)F)n2)C1)C(C)(F)F. The first-order valence-corrected chi connectivity index (χ1v) is 9.64. The number of nitriles is 1. The molecule has 1 aromatic carbocycles. The molecule has 32 heavy (non-hydrogen) atoms. The van der Waals surface area contributed by atoms with E-state index >= 15 is 0 Å². The van der Waals surface area contributed by atoms with Crippen LogP contribution in [0.4, 0.5) is 22.0 Å². The minimum Gasteiger partial charge on any atom is -0.484 e. The lowest BCUT2D eigenvalue weighted by Gasteiger charge is -2.25. The van der Waals surface area contributed by atoms with E-state index in [-0.39, 0.29) is 41.7 Å². The molecular formula is C20H17F5N4O3. The number of hydrogen-bond donors (Lipinski definition) is 0. The number of rotatable bonds is 5. The maximum Gasteiger partial charge on any atom is 0.471 e. The Morgan fingerprint density at radius 3 is 2.69 bits per heavy atom. The maximum atomic E-state index is 13.6. The van der Waals surface area contributed by atoms with E-state index < -0.39 is 35.4 Å². The third-order valence-electron chi connectivity index (χ3n) is 5.90. The van der Waals surface area contributed by atoms with Crippen LogP contribution in [0.3, 0.4) is 0 Å². The third-order valence-corrected chi connectivity index (χ3v) is 5.90. The molecule has 1 aliphatic heterocycles. The molecule has 1 aromatic heterocycles. The van der Waals surface area contributed by atoms with Gasteiger partial charge in [-0.1, -0.05) is 5.16 Å². The maximum absolute atomic E-state index is 13.6. The molecule has 3 atom stereocenters. The van der Waals surface area contributed by atoms with Crippen molar-refractivity contribution in [3.63, 3.8) is 0 Å². The number of ether oxygens (including phenoxy) is 1. The molecule has 0 N–H and O–H groups in total. The van der Waals surface area contributed by atoms with Gasteiger partial charge in [-0.15, -0.1) is 0 Å². The normalized spacial score (nSPS) is 23.4. The molecule has 1 saturated carbocycles. The Morgan fingerprint density at radius 2 is 2.09 bits per heavy atom. The minimum absolute atomic E-state index is 0.0308. The predicted molar refractivity (Wildman–Crippen MR) is 96.9 cm³/mol. The molecule has 2 aliphatic rings. The van der Waals surface area contributed by atoms with Gasteiger partial charge in [-0.3, -0.25) is 4.79 Å². The summed E-state index contributed by atoms with van der Waals surface area (Å²) in [6.45, 7) is 2.08. The zero-order chi connectivity index (χ0) is 23.5. The van der Waals surface area contributed by atoms with Crippen LogP contribution in [0.2, 0.25) is 0 Å². The number of halogens is 5. The molecule has 1 aliphatic carbocycles. The molecule has 2 fully saturated rings. The molecule has 0 spiro atoms. The second-order valence-corrected chi connectivity index (χ2v) is 8.20. The molecule has 7 nitrogen and oxygen atoms in total. The van der Waals surface area contributed by atoms with E-state index in [0.717, 1.165) is 6.92 Å². The van der Waals surface area contributed by atoms with Gasteiger partial charge in [0.05, 0.1) is 22.6 Å². The molecule has 170 valence electrons. The number of carbonyl (C=O) groups excluding carboxylic acids is 1. The summed E-state index contributed by atoms with van der Waals surface area (Å²) in [7, 11) is 0. The first-order chi connectivity index (χ1) is 14.8. The lowest BCUT2D eigenvalue weighted by atomic mass is 10.1. The smallest absolute Gasteiger partial charge is 0.471 e. The summed E-state index contributed by atoms with van der Waals surface area (Å²) in [5, 5.41) is 12.6. The fourth-order valence-corrected chi connectivity index (χ4v) is 3.86. The van der Waals surface area contributed by atoms with Crippen LogP contribution in [0.15, 0.2) is 22.7 Å². The fraction of sp³-hybridized carbons (Fsp3) is 0.500. The van der Waals surface area contributed by atoms with Crippen molar-refractivity contribution in [1.29, 1.82) is 5.26 Å². The number of fused-ring (bicyclic) bond motifs is 1. The van der Waals surface area contributed by atoms with E-state index in [1.54, 1.807) is 0 Å². The van der Waals surface area contributed by atoms with Gasteiger partial charge in [0.25, 0.3) is 11.8 Å². The van der Waals surface area contributed by atoms with Crippen LogP contribution in [-0.4, -0.2) is 46.1 Å². The molecule has 2 aromatic rings. The van der Waals surface area contributed by atoms with Crippen molar-refractivity contribution >= 4 is 5.91 Å². The summed E-state index contributed by atoms with van der Waals surface area (Å²) in [6, 6.07) is 5.73. The first-order valence-electron chi connectivity index (χ1n) is 9.64. The molecule has 0 bridgehead atoms. The zero-order valence-electron chi connectivity index (χ0n) is 16.9. The standard InChI is InChI=1S/C20H17F5N4O3/c1-10(18(2,21)22)31-14-4-3-11(7-26)5-13(14)15(30)29-8-12-6-19(12,9-29)16-27-17(32-28-16)20(23,24)25/h3-5,10,12H,6,8-9H2,1-2H3/t10-,12?,19?/m1/s1. The Balaban J connectivity index is 1.58. The van der Waals surface area contributed by atoms with Crippen molar-refractivity contribution in [1.82, 2.24) is 15.0 Å². The average Bonchev–Trinajstić information content (AvgIpc) is 3.09. The number of benzene rings is 1. The summed E-state index contributed by atoms with van der Waals surface area (Å²) < 4.78 is 75.2. The molecule has 2 heterocycles. The molecule has 12 heteroatoms. The monoisotopic (exact) mass is 456 g/mol. The first kappa shape index (κ1) is 22.0.